The van der Waals surface area contributed by atoms with Crippen LogP contribution < -0.4 is 0 Å². The van der Waals surface area contributed by atoms with Crippen molar-refractivity contribution in [3.8, 4) is 22.9 Å². The zero-order valence-electron chi connectivity index (χ0n) is 14.4. The normalized spacial score (nSPS) is 10.8. The van der Waals surface area contributed by atoms with Gasteiger partial charge in [0.1, 0.15) is 0 Å². The zero-order valence-corrected chi connectivity index (χ0v) is 15.2. The largest absolute Gasteiger partial charge is 0.416 e. The monoisotopic (exact) mass is 358 g/mol. The molecule has 4 rings (SSSR count). The van der Waals surface area contributed by atoms with Crippen LogP contribution in [-0.2, 0) is 5.75 Å². The molecule has 3 nitrogen and oxygen atoms in total. The molecule has 4 aromatic rings. The topological polar surface area (TPSA) is 38.9 Å². The van der Waals surface area contributed by atoms with Gasteiger partial charge in [0, 0.05) is 21.8 Å². The molecule has 128 valence electrons. The van der Waals surface area contributed by atoms with Gasteiger partial charge in [0.25, 0.3) is 0 Å². The molecule has 0 bridgehead atoms. The maximum atomic E-state index is 5.93. The summed E-state index contributed by atoms with van der Waals surface area (Å²) in [6, 6.07) is 26.6. The summed E-state index contributed by atoms with van der Waals surface area (Å²) in [6.07, 6.45) is 0. The standard InChI is InChI=1S/C22H18N2OS/c1-16-11-13-19(14-12-16)26-15-18-9-5-6-10-20(18)22-24-23-21(25-22)17-7-3-2-4-8-17/h2-14H,15H2,1H3. The number of benzene rings is 3. The van der Waals surface area contributed by atoms with Gasteiger partial charge in [-0.25, -0.2) is 0 Å². The van der Waals surface area contributed by atoms with Crippen molar-refractivity contribution in [1.29, 1.82) is 0 Å². The first-order valence-electron chi connectivity index (χ1n) is 8.46. The number of aryl methyl sites for hydroxylation is 1. The number of rotatable bonds is 5. The molecule has 0 spiro atoms. The molecule has 0 atom stereocenters. The van der Waals surface area contributed by atoms with Crippen LogP contribution >= 0.6 is 11.8 Å². The van der Waals surface area contributed by atoms with Crippen LogP contribution in [0.2, 0.25) is 0 Å². The predicted octanol–water partition coefficient (Wildman–Crippen LogP) is 6.00. The number of nitrogens with zero attached hydrogens (tertiary/aromatic N) is 2. The fourth-order valence-corrected chi connectivity index (χ4v) is 3.58. The summed E-state index contributed by atoms with van der Waals surface area (Å²) in [5.74, 6) is 1.95. The van der Waals surface area contributed by atoms with Gasteiger partial charge in [-0.3, -0.25) is 0 Å². The Morgan fingerprint density at radius 1 is 0.769 bits per heavy atom. The highest BCUT2D eigenvalue weighted by atomic mass is 32.2. The fraction of sp³-hybridized carbons (Fsp3) is 0.0909. The van der Waals surface area contributed by atoms with Gasteiger partial charge in [0.2, 0.25) is 11.8 Å². The summed E-state index contributed by atoms with van der Waals surface area (Å²) in [5.41, 5.74) is 4.37. The molecule has 0 unspecified atom stereocenters. The highest BCUT2D eigenvalue weighted by Gasteiger charge is 2.13. The summed E-state index contributed by atoms with van der Waals surface area (Å²) < 4.78 is 5.93. The Hall–Kier alpha value is -2.85. The van der Waals surface area contributed by atoms with Gasteiger partial charge in [0.05, 0.1) is 0 Å². The van der Waals surface area contributed by atoms with Gasteiger partial charge in [-0.15, -0.1) is 22.0 Å². The molecule has 0 aliphatic heterocycles. The molecule has 0 fully saturated rings. The lowest BCUT2D eigenvalue weighted by molar-refractivity contribution is 0.584. The first-order valence-corrected chi connectivity index (χ1v) is 9.45. The minimum Gasteiger partial charge on any atom is -0.416 e. The Labute approximate surface area is 157 Å². The average molecular weight is 358 g/mol. The van der Waals surface area contributed by atoms with Crippen LogP contribution in [0.15, 0.2) is 88.2 Å². The molecular formula is C22H18N2OS. The Morgan fingerprint density at radius 3 is 2.27 bits per heavy atom. The Kier molecular flexibility index (Phi) is 4.84. The summed E-state index contributed by atoms with van der Waals surface area (Å²) in [4.78, 5) is 1.25. The SMILES string of the molecule is Cc1ccc(SCc2ccccc2-c2nnc(-c3ccccc3)o2)cc1. The smallest absolute Gasteiger partial charge is 0.248 e. The third-order valence-electron chi connectivity index (χ3n) is 4.11. The Morgan fingerprint density at radius 2 is 1.46 bits per heavy atom. The molecule has 0 aliphatic carbocycles. The zero-order chi connectivity index (χ0) is 17.8. The van der Waals surface area contributed by atoms with Crippen LogP contribution in [0.3, 0.4) is 0 Å². The Balaban J connectivity index is 1.58. The van der Waals surface area contributed by atoms with Gasteiger partial charge >= 0.3 is 0 Å². The third kappa shape index (κ3) is 3.70. The van der Waals surface area contributed by atoms with E-state index in [1.54, 1.807) is 11.8 Å². The lowest BCUT2D eigenvalue weighted by Crippen LogP contribution is -1.88. The molecule has 0 saturated carbocycles. The minimum atomic E-state index is 0.543. The van der Waals surface area contributed by atoms with E-state index in [-0.39, 0.29) is 0 Å². The molecule has 1 heterocycles. The second-order valence-electron chi connectivity index (χ2n) is 6.04. The van der Waals surface area contributed by atoms with Gasteiger partial charge < -0.3 is 4.42 Å². The highest BCUT2D eigenvalue weighted by molar-refractivity contribution is 7.98. The second-order valence-corrected chi connectivity index (χ2v) is 7.09. The molecule has 0 radical (unpaired) electrons. The molecule has 4 heteroatoms. The number of hydrogen-bond donors (Lipinski definition) is 0. The summed E-state index contributed by atoms with van der Waals surface area (Å²) >= 11 is 1.80. The van der Waals surface area contributed by atoms with Crippen molar-refractivity contribution in [2.75, 3.05) is 0 Å². The quantitative estimate of drug-likeness (QED) is 0.410. The maximum Gasteiger partial charge on any atom is 0.248 e. The van der Waals surface area contributed by atoms with Crippen LogP contribution in [0.1, 0.15) is 11.1 Å². The van der Waals surface area contributed by atoms with E-state index in [1.807, 2.05) is 48.5 Å². The van der Waals surface area contributed by atoms with E-state index >= 15 is 0 Å². The van der Waals surface area contributed by atoms with E-state index < -0.39 is 0 Å². The summed E-state index contributed by atoms with van der Waals surface area (Å²) in [7, 11) is 0. The van der Waals surface area contributed by atoms with Gasteiger partial charge in [-0.2, -0.15) is 0 Å². The minimum absolute atomic E-state index is 0.543. The van der Waals surface area contributed by atoms with Crippen molar-refractivity contribution in [3.05, 3.63) is 90.0 Å². The molecule has 26 heavy (non-hydrogen) atoms. The van der Waals surface area contributed by atoms with Crippen LogP contribution in [0.25, 0.3) is 22.9 Å². The highest BCUT2D eigenvalue weighted by Crippen LogP contribution is 2.30. The first-order chi connectivity index (χ1) is 12.8. The van der Waals surface area contributed by atoms with Crippen LogP contribution in [0, 0.1) is 6.92 Å². The van der Waals surface area contributed by atoms with Crippen molar-refractivity contribution in [2.24, 2.45) is 0 Å². The molecule has 0 aliphatic rings. The van der Waals surface area contributed by atoms with Crippen LogP contribution in [0.4, 0.5) is 0 Å². The molecule has 3 aromatic carbocycles. The number of hydrogen-bond acceptors (Lipinski definition) is 4. The van der Waals surface area contributed by atoms with Crippen LogP contribution in [0.5, 0.6) is 0 Å². The van der Waals surface area contributed by atoms with E-state index in [0.29, 0.717) is 11.8 Å². The maximum absolute atomic E-state index is 5.93. The molecule has 0 saturated heterocycles. The van der Waals surface area contributed by atoms with Crippen LogP contribution in [-0.4, -0.2) is 10.2 Å². The van der Waals surface area contributed by atoms with E-state index in [9.17, 15) is 0 Å². The van der Waals surface area contributed by atoms with Crippen molar-refractivity contribution < 1.29 is 4.42 Å². The van der Waals surface area contributed by atoms with Gasteiger partial charge in [-0.1, -0.05) is 54.1 Å². The van der Waals surface area contributed by atoms with E-state index in [2.05, 4.69) is 47.5 Å². The van der Waals surface area contributed by atoms with Crippen molar-refractivity contribution in [2.45, 2.75) is 17.6 Å². The van der Waals surface area contributed by atoms with Gasteiger partial charge in [0.15, 0.2) is 0 Å². The fourth-order valence-electron chi connectivity index (χ4n) is 2.68. The third-order valence-corrected chi connectivity index (χ3v) is 5.17. The van der Waals surface area contributed by atoms with E-state index in [4.69, 9.17) is 4.42 Å². The number of thioether (sulfide) groups is 1. The van der Waals surface area contributed by atoms with E-state index in [1.165, 1.54) is 16.0 Å². The molecule has 0 amide bonds. The van der Waals surface area contributed by atoms with Crippen molar-refractivity contribution >= 4 is 11.8 Å². The van der Waals surface area contributed by atoms with E-state index in [0.717, 1.165) is 16.9 Å². The van der Waals surface area contributed by atoms with Crippen molar-refractivity contribution in [3.63, 3.8) is 0 Å². The number of aromatic nitrogens is 2. The second kappa shape index (κ2) is 7.58. The predicted molar refractivity (Wildman–Crippen MR) is 106 cm³/mol. The lowest BCUT2D eigenvalue weighted by atomic mass is 10.1. The summed E-state index contributed by atoms with van der Waals surface area (Å²) in [5, 5.41) is 8.47. The summed E-state index contributed by atoms with van der Waals surface area (Å²) in [6.45, 7) is 2.10. The average Bonchev–Trinajstić information content (AvgIpc) is 3.19. The Bertz CT molecular complexity index is 994. The lowest BCUT2D eigenvalue weighted by Gasteiger charge is -2.06. The van der Waals surface area contributed by atoms with Gasteiger partial charge in [-0.05, 0) is 42.8 Å². The molecular weight excluding hydrogens is 340 g/mol. The first kappa shape index (κ1) is 16.6. The molecule has 1 aromatic heterocycles. The molecule has 0 N–H and O–H groups in total. The van der Waals surface area contributed by atoms with Crippen molar-refractivity contribution in [1.82, 2.24) is 10.2 Å².